The van der Waals surface area contributed by atoms with Gasteiger partial charge in [-0.25, -0.2) is 0 Å². The zero-order valence-electron chi connectivity index (χ0n) is 9.38. The second kappa shape index (κ2) is 5.99. The van der Waals surface area contributed by atoms with Crippen LogP contribution in [0.25, 0.3) is 0 Å². The molecule has 1 aliphatic carbocycles. The topological polar surface area (TPSA) is 32.3 Å². The first kappa shape index (κ1) is 12.3. The van der Waals surface area contributed by atoms with Gasteiger partial charge in [-0.15, -0.1) is 0 Å². The Labute approximate surface area is 91.9 Å². The van der Waals surface area contributed by atoms with Crippen molar-refractivity contribution >= 4 is 11.8 Å². The maximum absolute atomic E-state index is 9.56. The Morgan fingerprint density at radius 2 is 2.14 bits per heavy atom. The molecule has 1 saturated carbocycles. The molecule has 1 rings (SSSR count). The maximum atomic E-state index is 9.56. The van der Waals surface area contributed by atoms with Crippen LogP contribution < -0.4 is 5.32 Å². The molecule has 1 aliphatic rings. The molecule has 2 N–H and O–H groups in total. The van der Waals surface area contributed by atoms with Crippen molar-refractivity contribution in [2.45, 2.75) is 38.6 Å². The van der Waals surface area contributed by atoms with Gasteiger partial charge in [0.15, 0.2) is 0 Å². The average molecular weight is 217 g/mol. The molecule has 2 nitrogen and oxygen atoms in total. The Hall–Kier alpha value is 0.270. The summed E-state index contributed by atoms with van der Waals surface area (Å²) in [6.45, 7) is 5.68. The lowest BCUT2D eigenvalue weighted by molar-refractivity contribution is 0.159. The molecule has 1 fully saturated rings. The van der Waals surface area contributed by atoms with Gasteiger partial charge in [0.1, 0.15) is 0 Å². The standard InChI is InChI=1S/C11H23NOS/c1-3-7-12-11(8-13,9-14-4-2)10-5-6-10/h10,12-13H,3-9H2,1-2H3. The summed E-state index contributed by atoms with van der Waals surface area (Å²) >= 11 is 1.94. The van der Waals surface area contributed by atoms with Gasteiger partial charge in [0, 0.05) is 5.75 Å². The van der Waals surface area contributed by atoms with Crippen LogP contribution >= 0.6 is 11.8 Å². The SMILES string of the molecule is CCCNC(CO)(CSCC)C1CC1. The zero-order chi connectivity index (χ0) is 10.4. The highest BCUT2D eigenvalue weighted by Gasteiger charge is 2.43. The molecule has 84 valence electrons. The molecule has 0 aromatic carbocycles. The fourth-order valence-corrected chi connectivity index (χ4v) is 2.84. The van der Waals surface area contributed by atoms with Crippen LogP contribution in [-0.2, 0) is 0 Å². The summed E-state index contributed by atoms with van der Waals surface area (Å²) in [5.41, 5.74) is 0.0245. The molecule has 0 aromatic heterocycles. The lowest BCUT2D eigenvalue weighted by Gasteiger charge is -2.33. The summed E-state index contributed by atoms with van der Waals surface area (Å²) in [5.74, 6) is 2.92. The molecule has 1 unspecified atom stereocenters. The Kier molecular flexibility index (Phi) is 5.28. The van der Waals surface area contributed by atoms with Gasteiger partial charge in [-0.3, -0.25) is 0 Å². The minimum atomic E-state index is 0.0245. The third kappa shape index (κ3) is 3.14. The number of nitrogens with one attached hydrogen (secondary N) is 1. The molecular formula is C11H23NOS. The second-order valence-corrected chi connectivity index (χ2v) is 5.43. The molecule has 0 heterocycles. The predicted octanol–water partition coefficient (Wildman–Crippen LogP) is 1.88. The molecule has 3 heteroatoms. The van der Waals surface area contributed by atoms with Crippen molar-refractivity contribution in [3.05, 3.63) is 0 Å². The first-order valence-corrected chi connectivity index (χ1v) is 6.88. The molecule has 0 aliphatic heterocycles. The number of rotatable bonds is 8. The van der Waals surface area contributed by atoms with Gasteiger partial charge in [0.2, 0.25) is 0 Å². The minimum absolute atomic E-state index is 0.0245. The largest absolute Gasteiger partial charge is 0.394 e. The molecule has 1 atom stereocenters. The molecule has 0 radical (unpaired) electrons. The smallest absolute Gasteiger partial charge is 0.0624 e. The Morgan fingerprint density at radius 1 is 1.43 bits per heavy atom. The van der Waals surface area contributed by atoms with Crippen LogP contribution in [0, 0.1) is 5.92 Å². The van der Waals surface area contributed by atoms with Crippen molar-refractivity contribution in [1.29, 1.82) is 0 Å². The van der Waals surface area contributed by atoms with Gasteiger partial charge in [0.25, 0.3) is 0 Å². The van der Waals surface area contributed by atoms with E-state index >= 15 is 0 Å². The molecule has 0 spiro atoms. The van der Waals surface area contributed by atoms with E-state index in [0.717, 1.165) is 30.4 Å². The quantitative estimate of drug-likeness (QED) is 0.651. The van der Waals surface area contributed by atoms with Crippen LogP contribution in [0.1, 0.15) is 33.1 Å². The Bertz CT molecular complexity index is 151. The van der Waals surface area contributed by atoms with Gasteiger partial charge in [0.05, 0.1) is 12.1 Å². The van der Waals surface area contributed by atoms with Gasteiger partial charge < -0.3 is 10.4 Å². The molecule has 14 heavy (non-hydrogen) atoms. The highest BCUT2D eigenvalue weighted by atomic mass is 32.2. The van der Waals surface area contributed by atoms with Gasteiger partial charge in [-0.1, -0.05) is 13.8 Å². The van der Waals surface area contributed by atoms with Gasteiger partial charge in [-0.05, 0) is 37.5 Å². The van der Waals surface area contributed by atoms with E-state index in [-0.39, 0.29) is 5.54 Å². The number of aliphatic hydroxyl groups is 1. The van der Waals surface area contributed by atoms with Gasteiger partial charge in [-0.2, -0.15) is 11.8 Å². The van der Waals surface area contributed by atoms with E-state index in [1.165, 1.54) is 12.8 Å². The molecular weight excluding hydrogens is 194 g/mol. The maximum Gasteiger partial charge on any atom is 0.0624 e. The zero-order valence-corrected chi connectivity index (χ0v) is 10.2. The van der Waals surface area contributed by atoms with E-state index in [4.69, 9.17) is 0 Å². The van der Waals surface area contributed by atoms with Crippen molar-refractivity contribution in [3.63, 3.8) is 0 Å². The molecule has 0 amide bonds. The highest BCUT2D eigenvalue weighted by molar-refractivity contribution is 7.99. The first-order valence-electron chi connectivity index (χ1n) is 5.72. The Morgan fingerprint density at radius 3 is 2.57 bits per heavy atom. The van der Waals surface area contributed by atoms with E-state index in [1.807, 2.05) is 11.8 Å². The summed E-state index contributed by atoms with van der Waals surface area (Å²) in [7, 11) is 0. The fourth-order valence-electron chi connectivity index (χ4n) is 1.84. The molecule has 0 aromatic rings. The van der Waals surface area contributed by atoms with E-state index in [9.17, 15) is 5.11 Å². The molecule has 0 bridgehead atoms. The average Bonchev–Trinajstić information content (AvgIpc) is 3.03. The van der Waals surface area contributed by atoms with E-state index in [2.05, 4.69) is 19.2 Å². The van der Waals surface area contributed by atoms with Crippen molar-refractivity contribution < 1.29 is 5.11 Å². The van der Waals surface area contributed by atoms with Crippen molar-refractivity contribution in [1.82, 2.24) is 5.32 Å². The second-order valence-electron chi connectivity index (χ2n) is 4.15. The summed E-state index contributed by atoms with van der Waals surface area (Å²) in [6, 6.07) is 0. The van der Waals surface area contributed by atoms with Crippen molar-refractivity contribution in [2.24, 2.45) is 5.92 Å². The predicted molar refractivity (Wildman–Crippen MR) is 63.8 cm³/mol. The first-order chi connectivity index (χ1) is 6.79. The number of thioether (sulfide) groups is 1. The summed E-state index contributed by atoms with van der Waals surface area (Å²) in [5, 5.41) is 13.1. The van der Waals surface area contributed by atoms with Crippen LogP contribution in [0.4, 0.5) is 0 Å². The fraction of sp³-hybridized carbons (Fsp3) is 1.00. The van der Waals surface area contributed by atoms with Crippen LogP contribution in [0.3, 0.4) is 0 Å². The normalized spacial score (nSPS) is 20.8. The highest BCUT2D eigenvalue weighted by Crippen LogP contribution is 2.41. The van der Waals surface area contributed by atoms with Crippen LogP contribution in [0.5, 0.6) is 0 Å². The van der Waals surface area contributed by atoms with Gasteiger partial charge >= 0.3 is 0 Å². The Balaban J connectivity index is 2.45. The van der Waals surface area contributed by atoms with Crippen LogP contribution in [0.2, 0.25) is 0 Å². The monoisotopic (exact) mass is 217 g/mol. The molecule has 0 saturated heterocycles. The number of hydrogen-bond donors (Lipinski definition) is 2. The van der Waals surface area contributed by atoms with Crippen LogP contribution in [-0.4, -0.2) is 35.3 Å². The van der Waals surface area contributed by atoms with E-state index in [1.54, 1.807) is 0 Å². The third-order valence-electron chi connectivity index (χ3n) is 2.93. The van der Waals surface area contributed by atoms with E-state index < -0.39 is 0 Å². The third-order valence-corrected chi connectivity index (χ3v) is 4.06. The lowest BCUT2D eigenvalue weighted by Crippen LogP contribution is -2.53. The lowest BCUT2D eigenvalue weighted by atomic mass is 9.96. The summed E-state index contributed by atoms with van der Waals surface area (Å²) in [6.07, 6.45) is 3.73. The van der Waals surface area contributed by atoms with E-state index in [0.29, 0.717) is 6.61 Å². The minimum Gasteiger partial charge on any atom is -0.394 e. The van der Waals surface area contributed by atoms with Crippen molar-refractivity contribution in [3.8, 4) is 0 Å². The summed E-state index contributed by atoms with van der Waals surface area (Å²) in [4.78, 5) is 0. The summed E-state index contributed by atoms with van der Waals surface area (Å²) < 4.78 is 0. The number of hydrogen-bond acceptors (Lipinski definition) is 3. The number of aliphatic hydroxyl groups excluding tert-OH is 1. The van der Waals surface area contributed by atoms with Crippen LogP contribution in [0.15, 0.2) is 0 Å². The van der Waals surface area contributed by atoms with Crippen molar-refractivity contribution in [2.75, 3.05) is 24.7 Å².